The van der Waals surface area contributed by atoms with E-state index in [-0.39, 0.29) is 29.7 Å². The number of ether oxygens (including phenoxy) is 1. The van der Waals surface area contributed by atoms with Crippen LogP contribution >= 0.6 is 23.1 Å². The molecule has 1 amide bonds. The lowest BCUT2D eigenvalue weighted by atomic mass is 10.2. The highest BCUT2D eigenvalue weighted by molar-refractivity contribution is 7.99. The molecule has 0 saturated carbocycles. The Hall–Kier alpha value is -2.47. The molecule has 0 radical (unpaired) electrons. The molecule has 164 valence electrons. The lowest BCUT2D eigenvalue weighted by Gasteiger charge is -2.05. The predicted octanol–water partition coefficient (Wildman–Crippen LogP) is 2.27. The maximum atomic E-state index is 12.4. The highest BCUT2D eigenvalue weighted by Crippen LogP contribution is 2.21. The van der Waals surface area contributed by atoms with Crippen molar-refractivity contribution in [1.82, 2.24) is 4.57 Å². The summed E-state index contributed by atoms with van der Waals surface area (Å²) >= 11 is 2.55. The highest BCUT2D eigenvalue weighted by Gasteiger charge is 2.15. The van der Waals surface area contributed by atoms with E-state index in [2.05, 4.69) is 4.99 Å². The third-order valence-electron chi connectivity index (χ3n) is 4.13. The van der Waals surface area contributed by atoms with Crippen molar-refractivity contribution < 1.29 is 22.7 Å². The Morgan fingerprint density at radius 3 is 2.61 bits per heavy atom. The summed E-state index contributed by atoms with van der Waals surface area (Å²) in [6.45, 7) is 1.77. The van der Waals surface area contributed by atoms with Crippen LogP contribution in [0.3, 0.4) is 0 Å². The summed E-state index contributed by atoms with van der Waals surface area (Å²) in [6.07, 6.45) is 0. The number of carbonyl (C=O) groups is 2. The van der Waals surface area contributed by atoms with E-state index in [1.165, 1.54) is 23.9 Å². The fourth-order valence-corrected chi connectivity index (χ4v) is 5.24. The van der Waals surface area contributed by atoms with Gasteiger partial charge in [0.1, 0.15) is 6.54 Å². The minimum Gasteiger partial charge on any atom is -0.465 e. The van der Waals surface area contributed by atoms with Crippen molar-refractivity contribution in [2.24, 2.45) is 10.1 Å². The van der Waals surface area contributed by atoms with Crippen molar-refractivity contribution in [2.45, 2.75) is 24.1 Å². The largest absolute Gasteiger partial charge is 0.465 e. The summed E-state index contributed by atoms with van der Waals surface area (Å²) in [7, 11) is -3.89. The number of aromatic nitrogens is 1. The normalized spacial score (nSPS) is 12.3. The first kappa shape index (κ1) is 23.2. The molecule has 1 heterocycles. The van der Waals surface area contributed by atoms with Gasteiger partial charge in [0.25, 0.3) is 5.91 Å². The third-order valence-corrected chi connectivity index (χ3v) is 7.07. The van der Waals surface area contributed by atoms with Crippen molar-refractivity contribution in [2.75, 3.05) is 12.4 Å². The molecule has 2 N–H and O–H groups in total. The van der Waals surface area contributed by atoms with Crippen molar-refractivity contribution in [3.8, 4) is 0 Å². The van der Waals surface area contributed by atoms with Gasteiger partial charge in [-0.15, -0.1) is 11.8 Å². The number of esters is 1. The second-order valence-electron chi connectivity index (χ2n) is 6.43. The first-order chi connectivity index (χ1) is 14.8. The monoisotopic (exact) mass is 479 g/mol. The maximum Gasteiger partial charge on any atom is 0.326 e. The minimum atomic E-state index is -3.89. The van der Waals surface area contributed by atoms with Gasteiger partial charge in [-0.3, -0.25) is 9.59 Å². The number of thiazole rings is 1. The first-order valence-electron chi connectivity index (χ1n) is 9.29. The summed E-state index contributed by atoms with van der Waals surface area (Å²) in [5.41, 5.74) is 1.67. The number of rotatable bonds is 8. The zero-order valence-electron chi connectivity index (χ0n) is 16.7. The zero-order valence-corrected chi connectivity index (χ0v) is 19.1. The molecule has 1 aromatic heterocycles. The van der Waals surface area contributed by atoms with Crippen molar-refractivity contribution in [3.63, 3.8) is 0 Å². The van der Waals surface area contributed by atoms with E-state index in [1.807, 2.05) is 30.3 Å². The van der Waals surface area contributed by atoms with Crippen molar-refractivity contribution in [3.05, 3.63) is 58.9 Å². The first-order valence-corrected chi connectivity index (χ1v) is 12.8. The van der Waals surface area contributed by atoms with Gasteiger partial charge in [0.2, 0.25) is 10.0 Å². The molecular formula is C20H21N3O5S3. The number of benzene rings is 2. The van der Waals surface area contributed by atoms with Gasteiger partial charge in [-0.1, -0.05) is 41.7 Å². The molecule has 0 bridgehead atoms. The summed E-state index contributed by atoms with van der Waals surface area (Å²) in [6, 6.07) is 14.1. The molecule has 0 aliphatic rings. The lowest BCUT2D eigenvalue weighted by molar-refractivity contribution is -0.143. The van der Waals surface area contributed by atoms with Crippen molar-refractivity contribution >= 4 is 55.2 Å². The Kier molecular flexibility index (Phi) is 7.65. The number of amides is 1. The Morgan fingerprint density at radius 1 is 1.19 bits per heavy atom. The van der Waals surface area contributed by atoms with Gasteiger partial charge in [-0.2, -0.15) is 4.99 Å². The molecular weight excluding hydrogens is 458 g/mol. The number of carbonyl (C=O) groups excluding carboxylic acids is 2. The van der Waals surface area contributed by atoms with Gasteiger partial charge in [-0.25, -0.2) is 13.6 Å². The topological polar surface area (TPSA) is 121 Å². The molecule has 0 saturated heterocycles. The zero-order chi connectivity index (χ0) is 22.4. The van der Waals surface area contributed by atoms with Gasteiger partial charge in [-0.05, 0) is 30.7 Å². The molecule has 3 rings (SSSR count). The SMILES string of the molecule is CCOC(=O)Cn1c(=NC(=O)CSCc2ccccc2)sc2cc(S(N)(=O)=O)ccc21. The minimum absolute atomic E-state index is 0.0548. The van der Waals surface area contributed by atoms with Crippen LogP contribution in [0.2, 0.25) is 0 Å². The number of hydrogen-bond donors (Lipinski definition) is 1. The van der Waals surface area contributed by atoms with Gasteiger partial charge >= 0.3 is 5.97 Å². The molecule has 2 aromatic carbocycles. The van der Waals surface area contributed by atoms with Crippen LogP contribution in [-0.2, 0) is 36.6 Å². The van der Waals surface area contributed by atoms with Gasteiger partial charge in [0.15, 0.2) is 4.80 Å². The summed E-state index contributed by atoms with van der Waals surface area (Å²) in [4.78, 5) is 28.9. The van der Waals surface area contributed by atoms with Crippen LogP contribution in [0.5, 0.6) is 0 Å². The molecule has 0 aliphatic carbocycles. The van der Waals surface area contributed by atoms with Crippen LogP contribution < -0.4 is 9.94 Å². The average Bonchev–Trinajstić information content (AvgIpc) is 3.04. The fourth-order valence-electron chi connectivity index (χ4n) is 2.77. The molecule has 0 aliphatic heterocycles. The van der Waals surface area contributed by atoms with Crippen LogP contribution in [-0.4, -0.2) is 37.2 Å². The number of fused-ring (bicyclic) bond motifs is 1. The Labute approximate surface area is 187 Å². The number of hydrogen-bond acceptors (Lipinski definition) is 7. The smallest absolute Gasteiger partial charge is 0.326 e. The molecule has 11 heteroatoms. The second-order valence-corrected chi connectivity index (χ2v) is 9.99. The van der Waals surface area contributed by atoms with E-state index in [0.717, 1.165) is 16.9 Å². The van der Waals surface area contributed by atoms with E-state index in [9.17, 15) is 18.0 Å². The van der Waals surface area contributed by atoms with E-state index in [1.54, 1.807) is 17.6 Å². The number of sulfonamides is 1. The van der Waals surface area contributed by atoms with Crippen LogP contribution in [0.25, 0.3) is 10.2 Å². The third kappa shape index (κ3) is 6.26. The Morgan fingerprint density at radius 2 is 1.94 bits per heavy atom. The highest BCUT2D eigenvalue weighted by atomic mass is 32.2. The quantitative estimate of drug-likeness (QED) is 0.495. The summed E-state index contributed by atoms with van der Waals surface area (Å²) < 4.78 is 30.4. The van der Waals surface area contributed by atoms with Crippen molar-refractivity contribution in [1.29, 1.82) is 0 Å². The lowest BCUT2D eigenvalue weighted by Crippen LogP contribution is -2.23. The Bertz CT molecular complexity index is 1260. The van der Waals surface area contributed by atoms with Gasteiger partial charge in [0.05, 0.1) is 27.5 Å². The number of nitrogens with zero attached hydrogens (tertiary/aromatic N) is 2. The number of thioether (sulfide) groups is 1. The standard InChI is InChI=1S/C20H21N3O5S3/c1-2-28-19(25)11-23-16-9-8-15(31(21,26)27)10-17(16)30-20(23)22-18(24)13-29-12-14-6-4-3-5-7-14/h3-10H,2,11-13H2,1H3,(H2,21,26,27). The maximum absolute atomic E-state index is 12.4. The van der Waals surface area contributed by atoms with Gasteiger partial charge < -0.3 is 9.30 Å². The second kappa shape index (κ2) is 10.2. The molecule has 3 aromatic rings. The predicted molar refractivity (Wildman–Crippen MR) is 121 cm³/mol. The summed E-state index contributed by atoms with van der Waals surface area (Å²) in [5, 5.41) is 5.21. The molecule has 0 spiro atoms. The summed E-state index contributed by atoms with van der Waals surface area (Å²) in [5.74, 6) is 0.0156. The van der Waals surface area contributed by atoms with Gasteiger partial charge in [0, 0.05) is 5.75 Å². The Balaban J connectivity index is 1.90. The fraction of sp³-hybridized carbons (Fsp3) is 0.250. The molecule has 0 fully saturated rings. The van der Waals surface area contributed by atoms with E-state index < -0.39 is 16.0 Å². The van der Waals surface area contributed by atoms with Crippen LogP contribution in [0.1, 0.15) is 12.5 Å². The van der Waals surface area contributed by atoms with E-state index in [0.29, 0.717) is 20.8 Å². The molecule has 8 nitrogen and oxygen atoms in total. The molecule has 0 atom stereocenters. The van der Waals surface area contributed by atoms with Crippen LogP contribution in [0.15, 0.2) is 58.4 Å². The average molecular weight is 480 g/mol. The molecule has 0 unspecified atom stereocenters. The molecule has 31 heavy (non-hydrogen) atoms. The number of nitrogens with two attached hydrogens (primary N) is 1. The van der Waals surface area contributed by atoms with E-state index in [4.69, 9.17) is 9.88 Å². The van der Waals surface area contributed by atoms with Crippen LogP contribution in [0.4, 0.5) is 0 Å². The van der Waals surface area contributed by atoms with E-state index >= 15 is 0 Å². The van der Waals surface area contributed by atoms with Crippen LogP contribution in [0, 0.1) is 0 Å². The number of primary sulfonamides is 1.